The van der Waals surface area contributed by atoms with Crippen LogP contribution in [0.25, 0.3) is 0 Å². The molecule has 5 nitrogen and oxygen atoms in total. The fraction of sp³-hybridized carbons (Fsp3) is 0.259. The minimum Gasteiger partial charge on any atom is -0.497 e. The summed E-state index contributed by atoms with van der Waals surface area (Å²) < 4.78 is 19.6. The molecule has 1 atom stereocenters. The summed E-state index contributed by atoms with van der Waals surface area (Å²) in [5, 5.41) is 2.85. The van der Waals surface area contributed by atoms with Crippen LogP contribution in [-0.2, 0) is 29.0 Å². The lowest BCUT2D eigenvalue weighted by Gasteiger charge is -2.31. The predicted octanol–water partition coefficient (Wildman–Crippen LogP) is 4.15. The SMILES string of the molecule is CCNC(=O)[C@H](Cc1ccccc1)N(Cc1cccc(OC)c1)C(=O)Cc1ccccc1F. The van der Waals surface area contributed by atoms with Gasteiger partial charge in [-0.2, -0.15) is 0 Å². The van der Waals surface area contributed by atoms with Gasteiger partial charge in [-0.3, -0.25) is 9.59 Å². The molecule has 3 aromatic rings. The second kappa shape index (κ2) is 11.8. The van der Waals surface area contributed by atoms with Crippen LogP contribution in [0.3, 0.4) is 0 Å². The Bertz CT molecular complexity index is 1070. The molecule has 0 aromatic heterocycles. The summed E-state index contributed by atoms with van der Waals surface area (Å²) in [5.41, 5.74) is 2.05. The molecule has 0 radical (unpaired) electrons. The maximum absolute atomic E-state index is 14.3. The Morgan fingerprint density at radius 3 is 2.36 bits per heavy atom. The number of hydrogen-bond acceptors (Lipinski definition) is 3. The zero-order valence-electron chi connectivity index (χ0n) is 19.0. The van der Waals surface area contributed by atoms with Crippen LogP contribution in [0.1, 0.15) is 23.6 Å². The third-order valence-electron chi connectivity index (χ3n) is 5.41. The molecule has 3 rings (SSSR count). The largest absolute Gasteiger partial charge is 0.497 e. The van der Waals surface area contributed by atoms with Crippen molar-refractivity contribution >= 4 is 11.8 Å². The predicted molar refractivity (Wildman–Crippen MR) is 126 cm³/mol. The molecule has 0 bridgehead atoms. The van der Waals surface area contributed by atoms with Gasteiger partial charge in [-0.15, -0.1) is 0 Å². The van der Waals surface area contributed by atoms with Gasteiger partial charge in [-0.05, 0) is 41.8 Å². The van der Waals surface area contributed by atoms with E-state index < -0.39 is 11.9 Å². The average Bonchev–Trinajstić information content (AvgIpc) is 2.83. The summed E-state index contributed by atoms with van der Waals surface area (Å²) in [6, 6.07) is 22.4. The Morgan fingerprint density at radius 1 is 0.970 bits per heavy atom. The minimum atomic E-state index is -0.752. The van der Waals surface area contributed by atoms with E-state index in [-0.39, 0.29) is 24.8 Å². The molecule has 0 aliphatic carbocycles. The summed E-state index contributed by atoms with van der Waals surface area (Å²) in [7, 11) is 1.58. The highest BCUT2D eigenvalue weighted by molar-refractivity contribution is 5.88. The Morgan fingerprint density at radius 2 is 1.67 bits per heavy atom. The Labute approximate surface area is 194 Å². The molecular formula is C27H29FN2O3. The summed E-state index contributed by atoms with van der Waals surface area (Å²) in [6.45, 7) is 2.47. The smallest absolute Gasteiger partial charge is 0.243 e. The third kappa shape index (κ3) is 6.65. The lowest BCUT2D eigenvalue weighted by Crippen LogP contribution is -2.51. The molecule has 0 heterocycles. The number of nitrogens with zero attached hydrogens (tertiary/aromatic N) is 1. The number of benzene rings is 3. The zero-order chi connectivity index (χ0) is 23.6. The number of ether oxygens (including phenoxy) is 1. The fourth-order valence-corrected chi connectivity index (χ4v) is 3.72. The third-order valence-corrected chi connectivity index (χ3v) is 5.41. The number of nitrogens with one attached hydrogen (secondary N) is 1. The highest BCUT2D eigenvalue weighted by Crippen LogP contribution is 2.20. The average molecular weight is 449 g/mol. The number of carbonyl (C=O) groups excluding carboxylic acids is 2. The number of rotatable bonds is 10. The molecule has 6 heteroatoms. The van der Waals surface area contributed by atoms with E-state index >= 15 is 0 Å². The number of methoxy groups -OCH3 is 1. The van der Waals surface area contributed by atoms with Crippen LogP contribution in [0.2, 0.25) is 0 Å². The van der Waals surface area contributed by atoms with E-state index in [9.17, 15) is 14.0 Å². The van der Waals surface area contributed by atoms with Crippen LogP contribution in [0.15, 0.2) is 78.9 Å². The first kappa shape index (κ1) is 24.0. The maximum atomic E-state index is 14.3. The number of likely N-dealkylation sites (N-methyl/N-ethyl adjacent to an activating group) is 1. The van der Waals surface area contributed by atoms with Gasteiger partial charge in [0.15, 0.2) is 0 Å². The minimum absolute atomic E-state index is 0.138. The molecule has 33 heavy (non-hydrogen) atoms. The van der Waals surface area contributed by atoms with Crippen molar-refractivity contribution in [2.24, 2.45) is 0 Å². The van der Waals surface area contributed by atoms with Crippen molar-refractivity contribution in [3.8, 4) is 5.75 Å². The van der Waals surface area contributed by atoms with Crippen LogP contribution in [0, 0.1) is 5.82 Å². The van der Waals surface area contributed by atoms with Gasteiger partial charge in [-0.25, -0.2) is 4.39 Å². The van der Waals surface area contributed by atoms with Crippen molar-refractivity contribution < 1.29 is 18.7 Å². The van der Waals surface area contributed by atoms with E-state index in [1.165, 1.54) is 6.07 Å². The van der Waals surface area contributed by atoms with Crippen LogP contribution in [0.5, 0.6) is 5.75 Å². The highest BCUT2D eigenvalue weighted by atomic mass is 19.1. The lowest BCUT2D eigenvalue weighted by atomic mass is 10.0. The summed E-state index contributed by atoms with van der Waals surface area (Å²) in [5.74, 6) is -0.349. The van der Waals surface area contributed by atoms with E-state index in [4.69, 9.17) is 4.74 Å². The Kier molecular flexibility index (Phi) is 8.58. The second-order valence-corrected chi connectivity index (χ2v) is 7.74. The molecule has 2 amide bonds. The molecule has 0 spiro atoms. The van der Waals surface area contributed by atoms with Gasteiger partial charge in [0.1, 0.15) is 17.6 Å². The van der Waals surface area contributed by atoms with Crippen molar-refractivity contribution in [1.29, 1.82) is 0 Å². The maximum Gasteiger partial charge on any atom is 0.243 e. The van der Waals surface area contributed by atoms with Crippen molar-refractivity contribution in [1.82, 2.24) is 10.2 Å². The topological polar surface area (TPSA) is 58.6 Å². The number of amides is 2. The molecule has 0 fully saturated rings. The lowest BCUT2D eigenvalue weighted by molar-refractivity contribution is -0.140. The number of hydrogen-bond donors (Lipinski definition) is 1. The number of carbonyl (C=O) groups is 2. The van der Waals surface area contributed by atoms with Gasteiger partial charge in [0.2, 0.25) is 11.8 Å². The first-order valence-electron chi connectivity index (χ1n) is 11.0. The van der Waals surface area contributed by atoms with Gasteiger partial charge in [0.05, 0.1) is 13.5 Å². The van der Waals surface area contributed by atoms with Gasteiger partial charge in [0.25, 0.3) is 0 Å². The fourth-order valence-electron chi connectivity index (χ4n) is 3.72. The molecule has 0 aliphatic rings. The Balaban J connectivity index is 1.97. The van der Waals surface area contributed by atoms with E-state index in [0.717, 1.165) is 11.1 Å². The molecule has 172 valence electrons. The molecule has 0 saturated heterocycles. The first-order valence-corrected chi connectivity index (χ1v) is 11.0. The molecule has 0 saturated carbocycles. The van der Waals surface area contributed by atoms with Crippen molar-refractivity contribution in [2.75, 3.05) is 13.7 Å². The van der Waals surface area contributed by atoms with E-state index in [1.807, 2.05) is 61.5 Å². The second-order valence-electron chi connectivity index (χ2n) is 7.74. The van der Waals surface area contributed by atoms with Crippen LogP contribution in [-0.4, -0.2) is 36.4 Å². The molecule has 3 aromatic carbocycles. The summed E-state index contributed by atoms with van der Waals surface area (Å²) in [6.07, 6.45) is 0.209. The van der Waals surface area contributed by atoms with E-state index in [0.29, 0.717) is 24.3 Å². The van der Waals surface area contributed by atoms with Crippen LogP contribution >= 0.6 is 0 Å². The van der Waals surface area contributed by atoms with Crippen molar-refractivity contribution in [3.05, 3.63) is 101 Å². The quantitative estimate of drug-likeness (QED) is 0.507. The normalized spacial score (nSPS) is 11.5. The number of halogens is 1. The molecular weight excluding hydrogens is 419 g/mol. The van der Waals surface area contributed by atoms with E-state index in [1.54, 1.807) is 30.2 Å². The van der Waals surface area contributed by atoms with Gasteiger partial charge in [0, 0.05) is 19.5 Å². The molecule has 1 N–H and O–H groups in total. The monoisotopic (exact) mass is 448 g/mol. The van der Waals surface area contributed by atoms with Gasteiger partial charge >= 0.3 is 0 Å². The molecule has 0 aliphatic heterocycles. The zero-order valence-corrected chi connectivity index (χ0v) is 19.0. The highest BCUT2D eigenvalue weighted by Gasteiger charge is 2.30. The van der Waals surface area contributed by atoms with Crippen molar-refractivity contribution in [3.63, 3.8) is 0 Å². The van der Waals surface area contributed by atoms with Crippen LogP contribution < -0.4 is 10.1 Å². The van der Waals surface area contributed by atoms with Gasteiger partial charge in [-0.1, -0.05) is 60.7 Å². The van der Waals surface area contributed by atoms with Gasteiger partial charge < -0.3 is 15.0 Å². The Hall–Kier alpha value is -3.67. The first-order chi connectivity index (χ1) is 16.0. The van der Waals surface area contributed by atoms with Crippen molar-refractivity contribution in [2.45, 2.75) is 32.4 Å². The van der Waals surface area contributed by atoms with Crippen LogP contribution in [0.4, 0.5) is 4.39 Å². The van der Waals surface area contributed by atoms with E-state index in [2.05, 4.69) is 5.32 Å². The summed E-state index contributed by atoms with van der Waals surface area (Å²) >= 11 is 0. The standard InChI is InChI=1S/C27H29FN2O3/c1-3-29-27(32)25(17-20-10-5-4-6-11-20)30(19-21-12-9-14-23(16-21)33-2)26(31)18-22-13-7-8-15-24(22)28/h4-16,25H,3,17-19H2,1-2H3,(H,29,32)/t25-/m0/s1. The summed E-state index contributed by atoms with van der Waals surface area (Å²) in [4.78, 5) is 28.2. The molecule has 0 unspecified atom stereocenters.